The van der Waals surface area contributed by atoms with E-state index in [2.05, 4.69) is 20.0 Å². The molecule has 2 N–H and O–H groups in total. The van der Waals surface area contributed by atoms with Crippen molar-refractivity contribution in [2.45, 2.75) is 24.5 Å². The first-order valence-corrected chi connectivity index (χ1v) is 11.2. The molecule has 0 atom stereocenters. The molecule has 1 fully saturated rings. The molecule has 1 saturated carbocycles. The van der Waals surface area contributed by atoms with Crippen molar-refractivity contribution in [3.63, 3.8) is 0 Å². The summed E-state index contributed by atoms with van der Waals surface area (Å²) in [5.74, 6) is -0.215. The normalized spacial score (nSPS) is 13.9. The van der Waals surface area contributed by atoms with E-state index in [0.29, 0.717) is 29.4 Å². The highest BCUT2D eigenvalue weighted by atomic mass is 32.2. The van der Waals surface area contributed by atoms with E-state index in [1.165, 1.54) is 11.3 Å². The molecule has 2 heterocycles. The van der Waals surface area contributed by atoms with Crippen LogP contribution in [0.5, 0.6) is 0 Å². The number of carbonyl (C=O) groups is 1. The zero-order valence-corrected chi connectivity index (χ0v) is 16.5. The number of nitrogens with one attached hydrogen (secondary N) is 2. The van der Waals surface area contributed by atoms with E-state index >= 15 is 0 Å². The Balaban J connectivity index is 1.34. The third kappa shape index (κ3) is 4.55. The van der Waals surface area contributed by atoms with Crippen molar-refractivity contribution >= 4 is 38.1 Å². The van der Waals surface area contributed by atoms with Crippen LogP contribution in [-0.2, 0) is 21.2 Å². The number of sulfonamides is 1. The molecule has 0 saturated heterocycles. The van der Waals surface area contributed by atoms with Crippen molar-refractivity contribution in [1.82, 2.24) is 9.97 Å². The van der Waals surface area contributed by atoms with E-state index in [9.17, 15) is 13.2 Å². The quantitative estimate of drug-likeness (QED) is 0.618. The second-order valence-corrected chi connectivity index (χ2v) is 9.33. The first-order chi connectivity index (χ1) is 13.5. The van der Waals surface area contributed by atoms with Crippen LogP contribution in [0, 0.1) is 0 Å². The number of nitrogens with zero attached hydrogens (tertiary/aromatic N) is 2. The third-order valence-corrected chi connectivity index (χ3v) is 6.98. The van der Waals surface area contributed by atoms with Gasteiger partial charge in [0.1, 0.15) is 0 Å². The lowest BCUT2D eigenvalue weighted by Gasteiger charge is -2.06. The Labute approximate surface area is 166 Å². The van der Waals surface area contributed by atoms with E-state index in [-0.39, 0.29) is 17.6 Å². The molecule has 0 bridgehead atoms. The molecule has 2 aromatic heterocycles. The molecule has 1 amide bonds. The monoisotopic (exact) mass is 414 g/mol. The van der Waals surface area contributed by atoms with Gasteiger partial charge in [-0.1, -0.05) is 18.2 Å². The number of hydrogen-bond donors (Lipinski definition) is 2. The topological polar surface area (TPSA) is 101 Å². The molecule has 4 rings (SSSR count). The van der Waals surface area contributed by atoms with Crippen LogP contribution in [-0.4, -0.2) is 29.5 Å². The largest absolute Gasteiger partial charge is 0.326 e. The van der Waals surface area contributed by atoms with Gasteiger partial charge in [-0.2, -0.15) is 0 Å². The molecule has 7 nitrogen and oxygen atoms in total. The van der Waals surface area contributed by atoms with Gasteiger partial charge in [0.05, 0.1) is 23.1 Å². The average Bonchev–Trinajstić information content (AvgIpc) is 3.46. The number of benzene rings is 1. The lowest BCUT2D eigenvalue weighted by Crippen LogP contribution is -2.17. The Morgan fingerprint density at radius 2 is 1.93 bits per heavy atom. The Kier molecular flexibility index (Phi) is 5.10. The molecular weight excluding hydrogens is 396 g/mol. The fourth-order valence-corrected chi connectivity index (χ4v) is 4.95. The summed E-state index contributed by atoms with van der Waals surface area (Å²) in [6.45, 7) is 0. The van der Waals surface area contributed by atoms with Gasteiger partial charge in [0, 0.05) is 22.8 Å². The van der Waals surface area contributed by atoms with Crippen LogP contribution < -0.4 is 10.0 Å². The smallest absolute Gasteiger partial charge is 0.237 e. The van der Waals surface area contributed by atoms with Crippen molar-refractivity contribution in [3.05, 3.63) is 59.7 Å². The van der Waals surface area contributed by atoms with Gasteiger partial charge in [0.15, 0.2) is 5.13 Å². The van der Waals surface area contributed by atoms with Gasteiger partial charge in [-0.25, -0.2) is 13.4 Å². The molecule has 9 heteroatoms. The molecule has 1 aliphatic carbocycles. The Bertz CT molecular complexity index is 1080. The highest BCUT2D eigenvalue weighted by Gasteiger charge is 2.36. The van der Waals surface area contributed by atoms with E-state index in [4.69, 9.17) is 0 Å². The molecule has 28 heavy (non-hydrogen) atoms. The average molecular weight is 415 g/mol. The maximum Gasteiger partial charge on any atom is 0.237 e. The number of amides is 1. The maximum absolute atomic E-state index is 12.3. The van der Waals surface area contributed by atoms with E-state index in [1.807, 2.05) is 42.5 Å². The van der Waals surface area contributed by atoms with Crippen LogP contribution in [0.25, 0.3) is 11.3 Å². The van der Waals surface area contributed by atoms with Gasteiger partial charge in [-0.3, -0.25) is 14.5 Å². The van der Waals surface area contributed by atoms with Crippen molar-refractivity contribution < 1.29 is 13.2 Å². The second kappa shape index (κ2) is 7.69. The molecule has 1 aliphatic rings. The summed E-state index contributed by atoms with van der Waals surface area (Å²) in [5, 5.41) is 4.50. The fraction of sp³-hybridized carbons (Fsp3) is 0.211. The first-order valence-electron chi connectivity index (χ1n) is 8.77. The summed E-state index contributed by atoms with van der Waals surface area (Å²) < 4.78 is 26.4. The highest BCUT2D eigenvalue weighted by Crippen LogP contribution is 2.30. The van der Waals surface area contributed by atoms with Crippen LogP contribution >= 0.6 is 11.3 Å². The van der Waals surface area contributed by atoms with Crippen LogP contribution in [0.15, 0.2) is 54.0 Å². The minimum absolute atomic E-state index is 0.0731. The van der Waals surface area contributed by atoms with E-state index in [1.54, 1.807) is 11.6 Å². The number of hydrogen-bond acceptors (Lipinski definition) is 6. The standard InChI is InChI=1S/C19H18N4O3S2/c24-18(11-15-12-27-19(22-15)23-28(25,26)16-8-9-16)21-14-6-4-13(5-7-14)17-3-1-2-10-20-17/h1-7,10,12,16H,8-9,11H2,(H,21,24)(H,22,23). The Hall–Kier alpha value is -2.78. The van der Waals surface area contributed by atoms with Gasteiger partial charge < -0.3 is 5.32 Å². The summed E-state index contributed by atoms with van der Waals surface area (Å²) in [6.07, 6.45) is 3.19. The summed E-state index contributed by atoms with van der Waals surface area (Å²) in [4.78, 5) is 20.7. The van der Waals surface area contributed by atoms with E-state index in [0.717, 1.165) is 11.3 Å². The third-order valence-electron chi connectivity index (χ3n) is 4.22. The number of thiazole rings is 1. The fourth-order valence-electron chi connectivity index (χ4n) is 2.65. The molecule has 0 aliphatic heterocycles. The van der Waals surface area contributed by atoms with E-state index < -0.39 is 10.0 Å². The number of rotatable bonds is 7. The Morgan fingerprint density at radius 3 is 2.61 bits per heavy atom. The lowest BCUT2D eigenvalue weighted by molar-refractivity contribution is -0.115. The predicted octanol–water partition coefficient (Wildman–Crippen LogP) is 3.29. The Morgan fingerprint density at radius 1 is 1.14 bits per heavy atom. The van der Waals surface area contributed by atoms with Crippen molar-refractivity contribution in [3.8, 4) is 11.3 Å². The highest BCUT2D eigenvalue weighted by molar-refractivity contribution is 7.93. The van der Waals surface area contributed by atoms with Crippen molar-refractivity contribution in [2.75, 3.05) is 10.0 Å². The molecular formula is C19H18N4O3S2. The minimum Gasteiger partial charge on any atom is -0.326 e. The van der Waals surface area contributed by atoms with Gasteiger partial charge in [0.25, 0.3) is 0 Å². The first kappa shape index (κ1) is 18.6. The summed E-state index contributed by atoms with van der Waals surface area (Å²) in [5.41, 5.74) is 3.03. The van der Waals surface area contributed by atoms with Crippen molar-refractivity contribution in [2.24, 2.45) is 0 Å². The SMILES string of the molecule is O=C(Cc1csc(NS(=O)(=O)C2CC2)n1)Nc1ccc(-c2ccccn2)cc1. The van der Waals surface area contributed by atoms with Gasteiger partial charge in [-0.05, 0) is 37.1 Å². The second-order valence-electron chi connectivity index (χ2n) is 6.51. The van der Waals surface area contributed by atoms with Gasteiger partial charge in [0.2, 0.25) is 15.9 Å². The van der Waals surface area contributed by atoms with Gasteiger partial charge in [-0.15, -0.1) is 11.3 Å². The molecule has 144 valence electrons. The van der Waals surface area contributed by atoms with Crippen LogP contribution in [0.3, 0.4) is 0 Å². The predicted molar refractivity (Wildman–Crippen MR) is 110 cm³/mol. The number of aromatic nitrogens is 2. The summed E-state index contributed by atoms with van der Waals surface area (Å²) >= 11 is 1.18. The lowest BCUT2D eigenvalue weighted by atomic mass is 10.1. The molecule has 1 aromatic carbocycles. The van der Waals surface area contributed by atoms with Crippen molar-refractivity contribution in [1.29, 1.82) is 0 Å². The summed E-state index contributed by atoms with van der Waals surface area (Å²) in [6, 6.07) is 13.1. The minimum atomic E-state index is -3.34. The zero-order valence-electron chi connectivity index (χ0n) is 14.8. The molecule has 0 spiro atoms. The van der Waals surface area contributed by atoms with Crippen LogP contribution in [0.2, 0.25) is 0 Å². The number of carbonyl (C=O) groups excluding carboxylic acids is 1. The number of anilines is 2. The maximum atomic E-state index is 12.3. The van der Waals surface area contributed by atoms with Gasteiger partial charge >= 0.3 is 0 Å². The summed E-state index contributed by atoms with van der Waals surface area (Å²) in [7, 11) is -3.34. The van der Waals surface area contributed by atoms with Crippen LogP contribution in [0.4, 0.5) is 10.8 Å². The van der Waals surface area contributed by atoms with Crippen LogP contribution in [0.1, 0.15) is 18.5 Å². The number of pyridine rings is 1. The molecule has 0 unspecified atom stereocenters. The molecule has 3 aromatic rings. The molecule has 0 radical (unpaired) electrons. The zero-order chi connectivity index (χ0) is 19.6.